The summed E-state index contributed by atoms with van der Waals surface area (Å²) in [6.07, 6.45) is 1.98. The maximum Gasteiger partial charge on any atom is 0.255 e. The van der Waals surface area contributed by atoms with E-state index in [0.29, 0.717) is 17.1 Å². The third-order valence-corrected chi connectivity index (χ3v) is 5.15. The van der Waals surface area contributed by atoms with Gasteiger partial charge in [-0.25, -0.2) is 0 Å². The van der Waals surface area contributed by atoms with Gasteiger partial charge in [0.1, 0.15) is 23.9 Å². The fourth-order valence-electron chi connectivity index (χ4n) is 2.81. The first-order valence-electron chi connectivity index (χ1n) is 9.02. The maximum absolute atomic E-state index is 12.8. The summed E-state index contributed by atoms with van der Waals surface area (Å²) in [5.41, 5.74) is 2.11. The van der Waals surface area contributed by atoms with Crippen LogP contribution in [0.15, 0.2) is 71.6 Å². The second-order valence-electron chi connectivity index (χ2n) is 6.15. The van der Waals surface area contributed by atoms with Gasteiger partial charge in [-0.3, -0.25) is 4.79 Å². The molecule has 150 valence electrons. The van der Waals surface area contributed by atoms with E-state index in [2.05, 4.69) is 5.32 Å². The fourth-order valence-corrected chi connectivity index (χ4v) is 3.36. The number of carbonyl (C=O) groups is 1. The van der Waals surface area contributed by atoms with Gasteiger partial charge < -0.3 is 19.5 Å². The molecule has 3 rings (SSSR count). The van der Waals surface area contributed by atoms with Crippen LogP contribution in [0.5, 0.6) is 17.2 Å². The molecule has 0 aromatic heterocycles. The van der Waals surface area contributed by atoms with E-state index in [9.17, 15) is 4.79 Å². The molecule has 0 bridgehead atoms. The molecule has 0 saturated carbocycles. The Morgan fingerprint density at radius 1 is 0.931 bits per heavy atom. The zero-order chi connectivity index (χ0) is 20.6. The van der Waals surface area contributed by atoms with Crippen LogP contribution in [0, 0.1) is 0 Å². The molecule has 6 heteroatoms. The number of methoxy groups -OCH3 is 2. The van der Waals surface area contributed by atoms with E-state index in [-0.39, 0.29) is 12.5 Å². The zero-order valence-corrected chi connectivity index (χ0v) is 17.4. The van der Waals surface area contributed by atoms with Crippen molar-refractivity contribution in [2.24, 2.45) is 0 Å². The zero-order valence-electron chi connectivity index (χ0n) is 16.6. The number of nitrogens with one attached hydrogen (secondary N) is 1. The predicted molar refractivity (Wildman–Crippen MR) is 116 cm³/mol. The van der Waals surface area contributed by atoms with Gasteiger partial charge >= 0.3 is 0 Å². The average Bonchev–Trinajstić information content (AvgIpc) is 2.78. The quantitative estimate of drug-likeness (QED) is 0.515. The summed E-state index contributed by atoms with van der Waals surface area (Å²) in [5.74, 6) is 1.95. The van der Waals surface area contributed by atoms with Gasteiger partial charge in [-0.05, 0) is 60.9 Å². The third-order valence-electron chi connectivity index (χ3n) is 4.35. The molecule has 5 nitrogen and oxygen atoms in total. The van der Waals surface area contributed by atoms with Crippen LogP contribution in [0.4, 0.5) is 5.69 Å². The van der Waals surface area contributed by atoms with Crippen LogP contribution in [-0.2, 0) is 6.61 Å². The molecule has 0 heterocycles. The number of benzene rings is 3. The molecule has 0 atom stereocenters. The van der Waals surface area contributed by atoms with Crippen molar-refractivity contribution in [3.63, 3.8) is 0 Å². The maximum atomic E-state index is 12.8. The molecule has 0 aliphatic carbocycles. The number of amides is 1. The highest BCUT2D eigenvalue weighted by Gasteiger charge is 2.13. The molecule has 3 aromatic rings. The molecule has 1 N–H and O–H groups in total. The van der Waals surface area contributed by atoms with Crippen molar-refractivity contribution in [1.82, 2.24) is 0 Å². The van der Waals surface area contributed by atoms with Gasteiger partial charge in [-0.1, -0.05) is 12.1 Å². The lowest BCUT2D eigenvalue weighted by molar-refractivity contribution is 0.102. The van der Waals surface area contributed by atoms with Crippen molar-refractivity contribution in [1.29, 1.82) is 0 Å². The van der Waals surface area contributed by atoms with E-state index in [0.717, 1.165) is 21.9 Å². The molecule has 0 unspecified atom stereocenters. The largest absolute Gasteiger partial charge is 0.497 e. The normalized spacial score (nSPS) is 10.3. The number of rotatable bonds is 8. The van der Waals surface area contributed by atoms with Crippen molar-refractivity contribution >= 4 is 23.4 Å². The van der Waals surface area contributed by atoms with Crippen molar-refractivity contribution in [2.75, 3.05) is 25.8 Å². The second-order valence-corrected chi connectivity index (χ2v) is 6.99. The standard InChI is InChI=1S/C23H23NO4S/c1-26-18-9-11-19(12-10-18)28-15-17-14-16(8-13-21(17)27-2)23(25)24-20-6-4-5-7-22(20)29-3/h4-14H,15H2,1-3H3,(H,24,25). The van der Waals surface area contributed by atoms with E-state index in [1.165, 1.54) is 0 Å². The minimum Gasteiger partial charge on any atom is -0.497 e. The highest BCUT2D eigenvalue weighted by Crippen LogP contribution is 2.27. The lowest BCUT2D eigenvalue weighted by atomic mass is 10.1. The molecule has 29 heavy (non-hydrogen) atoms. The Balaban J connectivity index is 1.75. The summed E-state index contributed by atoms with van der Waals surface area (Å²) >= 11 is 1.59. The van der Waals surface area contributed by atoms with Crippen LogP contribution >= 0.6 is 11.8 Å². The number of hydrogen-bond donors (Lipinski definition) is 1. The Hall–Kier alpha value is -3.12. The van der Waals surface area contributed by atoms with Gasteiger partial charge in [0.05, 0.1) is 19.9 Å². The van der Waals surface area contributed by atoms with Crippen LogP contribution in [0.2, 0.25) is 0 Å². The van der Waals surface area contributed by atoms with Gasteiger partial charge in [-0.2, -0.15) is 0 Å². The van der Waals surface area contributed by atoms with E-state index in [1.807, 2.05) is 54.8 Å². The summed E-state index contributed by atoms with van der Waals surface area (Å²) in [5, 5.41) is 2.97. The highest BCUT2D eigenvalue weighted by atomic mass is 32.2. The molecular formula is C23H23NO4S. The molecule has 0 spiro atoms. The molecule has 0 aliphatic heterocycles. The number of thioether (sulfide) groups is 1. The molecule has 0 saturated heterocycles. The smallest absolute Gasteiger partial charge is 0.255 e. The van der Waals surface area contributed by atoms with Crippen molar-refractivity contribution in [3.05, 3.63) is 77.9 Å². The first kappa shape index (κ1) is 20.6. The lowest BCUT2D eigenvalue weighted by Crippen LogP contribution is -2.13. The monoisotopic (exact) mass is 409 g/mol. The van der Waals surface area contributed by atoms with Gasteiger partial charge in [0.25, 0.3) is 5.91 Å². The van der Waals surface area contributed by atoms with Crippen molar-refractivity contribution < 1.29 is 19.0 Å². The van der Waals surface area contributed by atoms with E-state index < -0.39 is 0 Å². The summed E-state index contributed by atoms with van der Waals surface area (Å²) in [6.45, 7) is 0.276. The predicted octanol–water partition coefficient (Wildman–Crippen LogP) is 5.26. The van der Waals surface area contributed by atoms with Gasteiger partial charge in [0.2, 0.25) is 0 Å². The molecule has 0 radical (unpaired) electrons. The summed E-state index contributed by atoms with van der Waals surface area (Å²) in [7, 11) is 3.22. The Bertz CT molecular complexity index is 973. The minimum atomic E-state index is -0.181. The van der Waals surface area contributed by atoms with Crippen LogP contribution in [0.25, 0.3) is 0 Å². The number of hydrogen-bond acceptors (Lipinski definition) is 5. The van der Waals surface area contributed by atoms with E-state index in [1.54, 1.807) is 44.2 Å². The van der Waals surface area contributed by atoms with Gasteiger partial charge in [0, 0.05) is 16.0 Å². The first-order valence-corrected chi connectivity index (χ1v) is 10.2. The third kappa shape index (κ3) is 5.23. The topological polar surface area (TPSA) is 56.8 Å². The van der Waals surface area contributed by atoms with Crippen LogP contribution in [0.1, 0.15) is 15.9 Å². The number of para-hydroxylation sites is 1. The van der Waals surface area contributed by atoms with Crippen LogP contribution in [0.3, 0.4) is 0 Å². The Labute approximate surface area is 175 Å². The molecular weight excluding hydrogens is 386 g/mol. The van der Waals surface area contributed by atoms with Crippen molar-refractivity contribution in [2.45, 2.75) is 11.5 Å². The number of ether oxygens (including phenoxy) is 3. The van der Waals surface area contributed by atoms with E-state index >= 15 is 0 Å². The SMILES string of the molecule is COc1ccc(OCc2cc(C(=O)Nc3ccccc3SC)ccc2OC)cc1. The lowest BCUT2D eigenvalue weighted by Gasteiger charge is -2.13. The summed E-state index contributed by atoms with van der Waals surface area (Å²) in [6, 6.07) is 20.4. The van der Waals surface area contributed by atoms with Crippen molar-refractivity contribution in [3.8, 4) is 17.2 Å². The Kier molecular flexibility index (Phi) is 7.03. The molecule has 0 aliphatic rings. The number of carbonyl (C=O) groups excluding carboxylic acids is 1. The minimum absolute atomic E-state index is 0.181. The van der Waals surface area contributed by atoms with Crippen LogP contribution < -0.4 is 19.5 Å². The number of anilines is 1. The second kappa shape index (κ2) is 9.89. The van der Waals surface area contributed by atoms with E-state index in [4.69, 9.17) is 14.2 Å². The fraction of sp³-hybridized carbons (Fsp3) is 0.174. The van der Waals surface area contributed by atoms with Crippen LogP contribution in [-0.4, -0.2) is 26.4 Å². The Morgan fingerprint density at radius 2 is 1.66 bits per heavy atom. The molecule has 3 aromatic carbocycles. The highest BCUT2D eigenvalue weighted by molar-refractivity contribution is 7.98. The molecule has 0 fully saturated rings. The first-order chi connectivity index (χ1) is 14.1. The summed E-state index contributed by atoms with van der Waals surface area (Å²) < 4.78 is 16.4. The summed E-state index contributed by atoms with van der Waals surface area (Å²) in [4.78, 5) is 13.8. The van der Waals surface area contributed by atoms with Gasteiger partial charge in [-0.15, -0.1) is 11.8 Å². The molecule has 1 amide bonds. The van der Waals surface area contributed by atoms with Gasteiger partial charge in [0.15, 0.2) is 0 Å². The Morgan fingerprint density at radius 3 is 2.34 bits per heavy atom. The average molecular weight is 410 g/mol.